The van der Waals surface area contributed by atoms with Crippen molar-refractivity contribution in [3.05, 3.63) is 30.1 Å². The molecule has 1 aromatic rings. The fourth-order valence-corrected chi connectivity index (χ4v) is 5.45. The summed E-state index contributed by atoms with van der Waals surface area (Å²) < 4.78 is 40.0. The quantitative estimate of drug-likeness (QED) is 0.763. The fourth-order valence-electron chi connectivity index (χ4n) is 3.93. The van der Waals surface area contributed by atoms with E-state index >= 15 is 0 Å². The summed E-state index contributed by atoms with van der Waals surface area (Å²) in [7, 11) is -3.73. The lowest BCUT2D eigenvalue weighted by atomic mass is 9.93. The number of piperidine rings is 1. The van der Waals surface area contributed by atoms with Crippen molar-refractivity contribution in [3.63, 3.8) is 0 Å². The molecule has 27 heavy (non-hydrogen) atoms. The van der Waals surface area contributed by atoms with Crippen LogP contribution in [-0.4, -0.2) is 43.8 Å². The topological polar surface area (TPSA) is 92.5 Å². The van der Waals surface area contributed by atoms with Crippen LogP contribution in [0, 0.1) is 11.7 Å². The highest BCUT2D eigenvalue weighted by Gasteiger charge is 2.38. The summed E-state index contributed by atoms with van der Waals surface area (Å²) in [5.74, 6) is -0.983. The van der Waals surface area contributed by atoms with Crippen LogP contribution in [0.2, 0.25) is 0 Å². The van der Waals surface area contributed by atoms with E-state index in [9.17, 15) is 17.6 Å². The second kappa shape index (κ2) is 8.86. The third-order valence-electron chi connectivity index (χ3n) is 5.55. The van der Waals surface area contributed by atoms with Crippen LogP contribution in [0.15, 0.2) is 29.2 Å². The van der Waals surface area contributed by atoms with Crippen molar-refractivity contribution in [2.75, 3.05) is 19.6 Å². The van der Waals surface area contributed by atoms with Gasteiger partial charge >= 0.3 is 0 Å². The lowest BCUT2D eigenvalue weighted by Gasteiger charge is -2.35. The Kier molecular flexibility index (Phi) is 7.24. The fraction of sp³-hybridized carbons (Fsp3) is 0.611. The Balaban J connectivity index is 0.00000261. The van der Waals surface area contributed by atoms with Gasteiger partial charge in [0.1, 0.15) is 5.82 Å². The van der Waals surface area contributed by atoms with Crippen molar-refractivity contribution >= 4 is 28.3 Å². The summed E-state index contributed by atoms with van der Waals surface area (Å²) in [6, 6.07) is 4.78. The average molecular weight is 420 g/mol. The molecule has 3 N–H and O–H groups in total. The van der Waals surface area contributed by atoms with Crippen LogP contribution in [0.1, 0.15) is 38.5 Å². The summed E-state index contributed by atoms with van der Waals surface area (Å²) in [4.78, 5) is 12.8. The van der Waals surface area contributed by atoms with E-state index in [-0.39, 0.29) is 41.2 Å². The molecule has 6 nitrogen and oxygen atoms in total. The van der Waals surface area contributed by atoms with Gasteiger partial charge in [0.05, 0.1) is 16.4 Å². The molecular formula is C18H27ClFN3O3S. The van der Waals surface area contributed by atoms with Gasteiger partial charge in [-0.1, -0.05) is 12.8 Å². The molecule has 1 aromatic carbocycles. The maximum Gasteiger partial charge on any atom is 0.243 e. The molecule has 0 spiro atoms. The predicted octanol–water partition coefficient (Wildman–Crippen LogP) is 2.04. The van der Waals surface area contributed by atoms with E-state index in [1.165, 1.54) is 16.4 Å². The zero-order valence-corrected chi connectivity index (χ0v) is 16.8. The van der Waals surface area contributed by atoms with Crippen LogP contribution in [0.5, 0.6) is 0 Å². The Labute approximate surface area is 166 Å². The van der Waals surface area contributed by atoms with Crippen LogP contribution < -0.4 is 11.1 Å². The van der Waals surface area contributed by atoms with Crippen molar-refractivity contribution in [3.8, 4) is 0 Å². The Bertz CT molecular complexity index is 752. The number of benzene rings is 1. The first-order chi connectivity index (χ1) is 12.4. The first-order valence-corrected chi connectivity index (χ1v) is 10.6. The van der Waals surface area contributed by atoms with E-state index in [1.54, 1.807) is 0 Å². The average Bonchev–Trinajstić information content (AvgIpc) is 3.11. The molecule has 3 rings (SSSR count). The molecule has 9 heteroatoms. The minimum atomic E-state index is -3.73. The SMILES string of the molecule is Cl.NCC1(NC(=O)C2CCCN(S(=O)(=O)c3ccc(F)cc3)C2)CCCC1. The van der Waals surface area contributed by atoms with Gasteiger partial charge in [0.15, 0.2) is 0 Å². The van der Waals surface area contributed by atoms with Crippen LogP contribution in [0.4, 0.5) is 4.39 Å². The van der Waals surface area contributed by atoms with Crippen LogP contribution in [-0.2, 0) is 14.8 Å². The first-order valence-electron chi connectivity index (χ1n) is 9.14. The van der Waals surface area contributed by atoms with E-state index in [4.69, 9.17) is 5.73 Å². The number of nitrogens with zero attached hydrogens (tertiary/aromatic N) is 1. The summed E-state index contributed by atoms with van der Waals surface area (Å²) in [5.41, 5.74) is 5.54. The second-order valence-corrected chi connectivity index (χ2v) is 9.27. The Hall–Kier alpha value is -1.22. The van der Waals surface area contributed by atoms with Gasteiger partial charge in [-0.05, 0) is 49.9 Å². The maximum atomic E-state index is 13.1. The maximum absolute atomic E-state index is 13.1. The van der Waals surface area contributed by atoms with Gasteiger partial charge in [-0.15, -0.1) is 12.4 Å². The molecule has 1 unspecified atom stereocenters. The lowest BCUT2D eigenvalue weighted by Crippen LogP contribution is -2.55. The van der Waals surface area contributed by atoms with Crippen molar-refractivity contribution in [1.82, 2.24) is 9.62 Å². The molecule has 2 aliphatic rings. The zero-order chi connectivity index (χ0) is 18.8. The Morgan fingerprint density at radius 3 is 2.44 bits per heavy atom. The highest BCUT2D eigenvalue weighted by molar-refractivity contribution is 7.89. The van der Waals surface area contributed by atoms with Crippen molar-refractivity contribution in [1.29, 1.82) is 0 Å². The minimum absolute atomic E-state index is 0. The van der Waals surface area contributed by atoms with Crippen LogP contribution in [0.25, 0.3) is 0 Å². The summed E-state index contributed by atoms with van der Waals surface area (Å²) in [6.45, 7) is 0.917. The molecule has 0 radical (unpaired) electrons. The number of amides is 1. The second-order valence-electron chi connectivity index (χ2n) is 7.34. The number of carbonyl (C=O) groups excluding carboxylic acids is 1. The number of hydrogen-bond donors (Lipinski definition) is 2. The Morgan fingerprint density at radius 1 is 1.22 bits per heavy atom. The molecule has 1 amide bonds. The van der Waals surface area contributed by atoms with Crippen molar-refractivity contribution in [2.24, 2.45) is 11.7 Å². The third-order valence-corrected chi connectivity index (χ3v) is 7.43. The molecule has 1 aliphatic heterocycles. The number of rotatable bonds is 5. The summed E-state index contributed by atoms with van der Waals surface area (Å²) in [5, 5.41) is 3.10. The number of hydrogen-bond acceptors (Lipinski definition) is 4. The highest BCUT2D eigenvalue weighted by atomic mass is 35.5. The van der Waals surface area contributed by atoms with Gasteiger partial charge < -0.3 is 11.1 Å². The zero-order valence-electron chi connectivity index (χ0n) is 15.2. The highest BCUT2D eigenvalue weighted by Crippen LogP contribution is 2.30. The minimum Gasteiger partial charge on any atom is -0.349 e. The van der Waals surface area contributed by atoms with Crippen LogP contribution >= 0.6 is 12.4 Å². The van der Waals surface area contributed by atoms with Gasteiger partial charge in [-0.2, -0.15) is 4.31 Å². The molecule has 1 heterocycles. The van der Waals surface area contributed by atoms with E-state index in [2.05, 4.69) is 5.32 Å². The van der Waals surface area contributed by atoms with E-state index in [0.717, 1.165) is 37.8 Å². The van der Waals surface area contributed by atoms with E-state index in [0.29, 0.717) is 25.9 Å². The third kappa shape index (κ3) is 4.80. The molecule has 2 fully saturated rings. The molecule has 1 saturated carbocycles. The standard InChI is InChI=1S/C18H26FN3O3S.ClH/c19-15-5-7-16(8-6-15)26(24,25)22-11-3-4-14(12-22)17(23)21-18(13-20)9-1-2-10-18;/h5-8,14H,1-4,9-13,20H2,(H,21,23);1H. The van der Waals surface area contributed by atoms with Gasteiger partial charge in [0.2, 0.25) is 15.9 Å². The van der Waals surface area contributed by atoms with Gasteiger partial charge in [0, 0.05) is 19.6 Å². The van der Waals surface area contributed by atoms with Crippen molar-refractivity contribution in [2.45, 2.75) is 49.0 Å². The number of nitrogens with one attached hydrogen (secondary N) is 1. The molecule has 1 aliphatic carbocycles. The smallest absolute Gasteiger partial charge is 0.243 e. The van der Waals surface area contributed by atoms with Crippen LogP contribution in [0.3, 0.4) is 0 Å². The predicted molar refractivity (Wildman–Crippen MR) is 104 cm³/mol. The first kappa shape index (κ1) is 22.1. The number of carbonyl (C=O) groups is 1. The normalized spacial score (nSPS) is 22.8. The van der Waals surface area contributed by atoms with Gasteiger partial charge in [-0.3, -0.25) is 4.79 Å². The molecule has 1 atom stereocenters. The molecule has 1 saturated heterocycles. The molecule has 0 aromatic heterocycles. The van der Waals surface area contributed by atoms with E-state index < -0.39 is 15.8 Å². The van der Waals surface area contributed by atoms with Gasteiger partial charge in [0.25, 0.3) is 0 Å². The largest absolute Gasteiger partial charge is 0.349 e. The summed E-state index contributed by atoms with van der Waals surface area (Å²) >= 11 is 0. The molecular weight excluding hydrogens is 393 g/mol. The molecule has 152 valence electrons. The number of nitrogens with two attached hydrogens (primary N) is 1. The Morgan fingerprint density at radius 2 is 1.85 bits per heavy atom. The lowest BCUT2D eigenvalue weighted by molar-refractivity contribution is -0.128. The summed E-state index contributed by atoms with van der Waals surface area (Å²) in [6.07, 6.45) is 5.12. The number of sulfonamides is 1. The molecule has 0 bridgehead atoms. The van der Waals surface area contributed by atoms with E-state index in [1.807, 2.05) is 0 Å². The van der Waals surface area contributed by atoms with Crippen molar-refractivity contribution < 1.29 is 17.6 Å². The van der Waals surface area contributed by atoms with Gasteiger partial charge in [-0.25, -0.2) is 12.8 Å². The number of halogens is 2. The monoisotopic (exact) mass is 419 g/mol.